The number of nitrogens with one attached hydrogen (secondary N) is 1. The van der Waals surface area contributed by atoms with E-state index in [0.29, 0.717) is 0 Å². The maximum atomic E-state index is 6.08. The number of rotatable bonds is 4. The lowest BCUT2D eigenvalue weighted by Gasteiger charge is -2.06. The molecule has 0 radical (unpaired) electrons. The van der Waals surface area contributed by atoms with Crippen LogP contribution in [-0.2, 0) is 0 Å². The summed E-state index contributed by atoms with van der Waals surface area (Å²) < 4.78 is 1.02. The van der Waals surface area contributed by atoms with Gasteiger partial charge in [-0.3, -0.25) is 0 Å². The van der Waals surface area contributed by atoms with Gasteiger partial charge in [-0.25, -0.2) is 0 Å². The molecular formula is C15H13BrClN. The van der Waals surface area contributed by atoms with Crippen molar-refractivity contribution in [3.8, 4) is 0 Å². The van der Waals surface area contributed by atoms with Gasteiger partial charge in [0, 0.05) is 11.0 Å². The van der Waals surface area contributed by atoms with Crippen LogP contribution < -0.4 is 5.32 Å². The molecule has 18 heavy (non-hydrogen) atoms. The van der Waals surface area contributed by atoms with Crippen molar-refractivity contribution >= 4 is 39.3 Å². The zero-order valence-corrected chi connectivity index (χ0v) is 12.1. The van der Waals surface area contributed by atoms with Gasteiger partial charge in [0.15, 0.2) is 0 Å². The zero-order valence-electron chi connectivity index (χ0n) is 9.74. The van der Waals surface area contributed by atoms with Gasteiger partial charge >= 0.3 is 0 Å². The number of hydrogen-bond acceptors (Lipinski definition) is 1. The van der Waals surface area contributed by atoms with Gasteiger partial charge in [0.25, 0.3) is 0 Å². The Hall–Kier alpha value is -1.25. The fraction of sp³-hybridized carbons (Fsp3) is 0.0667. The van der Waals surface area contributed by atoms with E-state index in [2.05, 4.69) is 45.5 Å². The number of anilines is 1. The highest BCUT2D eigenvalue weighted by molar-refractivity contribution is 9.10. The number of halogens is 2. The second-order valence-corrected chi connectivity index (χ2v) is 5.14. The van der Waals surface area contributed by atoms with Crippen LogP contribution in [0.1, 0.15) is 5.56 Å². The largest absolute Gasteiger partial charge is 0.380 e. The molecule has 0 atom stereocenters. The summed E-state index contributed by atoms with van der Waals surface area (Å²) >= 11 is 9.51. The molecule has 2 aromatic rings. The topological polar surface area (TPSA) is 12.0 Å². The monoisotopic (exact) mass is 321 g/mol. The number of hydrogen-bond donors (Lipinski definition) is 1. The Kier molecular flexibility index (Phi) is 4.85. The van der Waals surface area contributed by atoms with Crippen LogP contribution in [0.15, 0.2) is 59.1 Å². The van der Waals surface area contributed by atoms with Crippen molar-refractivity contribution in [1.29, 1.82) is 0 Å². The molecule has 0 aromatic heterocycles. The average molecular weight is 323 g/mol. The smallest absolute Gasteiger partial charge is 0.0638 e. The summed E-state index contributed by atoms with van der Waals surface area (Å²) in [7, 11) is 0. The Morgan fingerprint density at radius 1 is 1.11 bits per heavy atom. The minimum absolute atomic E-state index is 0.728. The highest BCUT2D eigenvalue weighted by Gasteiger charge is 1.98. The summed E-state index contributed by atoms with van der Waals surface area (Å²) in [4.78, 5) is 0. The predicted molar refractivity (Wildman–Crippen MR) is 83.1 cm³/mol. The van der Waals surface area contributed by atoms with Crippen LogP contribution >= 0.6 is 27.5 Å². The van der Waals surface area contributed by atoms with Crippen LogP contribution in [0.3, 0.4) is 0 Å². The molecule has 0 saturated heterocycles. The Balaban J connectivity index is 1.92. The summed E-state index contributed by atoms with van der Waals surface area (Å²) in [5, 5.41) is 4.00. The van der Waals surface area contributed by atoms with Crippen molar-refractivity contribution in [3.63, 3.8) is 0 Å². The standard InChI is InChI=1S/C15H13BrClN/c16-13-8-9-14(17)15(11-13)18-10-4-7-12-5-2-1-3-6-12/h1-9,11,18H,10H2. The first-order chi connectivity index (χ1) is 8.75. The van der Waals surface area contributed by atoms with Crippen LogP contribution in [-0.4, -0.2) is 6.54 Å². The van der Waals surface area contributed by atoms with E-state index >= 15 is 0 Å². The van der Waals surface area contributed by atoms with E-state index in [1.807, 2.05) is 36.4 Å². The van der Waals surface area contributed by atoms with Gasteiger partial charge in [0.05, 0.1) is 10.7 Å². The van der Waals surface area contributed by atoms with E-state index in [0.717, 1.165) is 21.7 Å². The zero-order chi connectivity index (χ0) is 12.8. The molecule has 2 aromatic carbocycles. The second kappa shape index (κ2) is 6.62. The first-order valence-corrected chi connectivity index (χ1v) is 6.83. The quantitative estimate of drug-likeness (QED) is 0.813. The lowest BCUT2D eigenvalue weighted by Crippen LogP contribution is -1.98. The van der Waals surface area contributed by atoms with Crippen LogP contribution in [0.2, 0.25) is 5.02 Å². The lowest BCUT2D eigenvalue weighted by molar-refractivity contribution is 1.34. The maximum absolute atomic E-state index is 6.08. The molecule has 0 aliphatic rings. The fourth-order valence-electron chi connectivity index (χ4n) is 1.56. The second-order valence-electron chi connectivity index (χ2n) is 3.82. The van der Waals surface area contributed by atoms with Crippen molar-refractivity contribution < 1.29 is 0 Å². The summed E-state index contributed by atoms with van der Waals surface area (Å²) in [5.41, 5.74) is 2.13. The first-order valence-electron chi connectivity index (χ1n) is 5.66. The van der Waals surface area contributed by atoms with Gasteiger partial charge in [-0.2, -0.15) is 0 Å². The van der Waals surface area contributed by atoms with Crippen molar-refractivity contribution in [2.45, 2.75) is 0 Å². The van der Waals surface area contributed by atoms with E-state index in [1.54, 1.807) is 0 Å². The molecule has 1 N–H and O–H groups in total. The highest BCUT2D eigenvalue weighted by Crippen LogP contribution is 2.25. The fourth-order valence-corrected chi connectivity index (χ4v) is 2.11. The van der Waals surface area contributed by atoms with E-state index in [9.17, 15) is 0 Å². The number of benzene rings is 2. The third kappa shape index (κ3) is 3.90. The minimum Gasteiger partial charge on any atom is -0.380 e. The van der Waals surface area contributed by atoms with Gasteiger partial charge in [0.1, 0.15) is 0 Å². The van der Waals surface area contributed by atoms with Crippen molar-refractivity contribution in [2.75, 3.05) is 11.9 Å². The van der Waals surface area contributed by atoms with Crippen LogP contribution in [0.25, 0.3) is 6.08 Å². The molecule has 0 fully saturated rings. The van der Waals surface area contributed by atoms with Gasteiger partial charge in [0.2, 0.25) is 0 Å². The normalized spacial score (nSPS) is 10.8. The average Bonchev–Trinajstić information content (AvgIpc) is 2.40. The highest BCUT2D eigenvalue weighted by atomic mass is 79.9. The summed E-state index contributed by atoms with van der Waals surface area (Å²) in [6.07, 6.45) is 4.16. The molecule has 0 unspecified atom stereocenters. The minimum atomic E-state index is 0.728. The van der Waals surface area contributed by atoms with Crippen LogP contribution in [0.4, 0.5) is 5.69 Å². The maximum Gasteiger partial charge on any atom is 0.0638 e. The molecule has 0 amide bonds. The molecule has 0 saturated carbocycles. The molecule has 92 valence electrons. The first kappa shape index (κ1) is 13.2. The van der Waals surface area contributed by atoms with Crippen LogP contribution in [0.5, 0.6) is 0 Å². The molecular weight excluding hydrogens is 310 g/mol. The molecule has 0 aliphatic carbocycles. The summed E-state index contributed by atoms with van der Waals surface area (Å²) in [6.45, 7) is 0.741. The SMILES string of the molecule is Clc1ccc(Br)cc1NCC=Cc1ccccc1. The Morgan fingerprint density at radius 2 is 1.89 bits per heavy atom. The molecule has 0 spiro atoms. The Morgan fingerprint density at radius 3 is 2.67 bits per heavy atom. The molecule has 1 nitrogen and oxygen atoms in total. The van der Waals surface area contributed by atoms with Gasteiger partial charge < -0.3 is 5.32 Å². The van der Waals surface area contributed by atoms with Crippen molar-refractivity contribution in [2.24, 2.45) is 0 Å². The molecule has 2 rings (SSSR count). The van der Waals surface area contributed by atoms with E-state index in [-0.39, 0.29) is 0 Å². The molecule has 3 heteroatoms. The summed E-state index contributed by atoms with van der Waals surface area (Å²) in [5.74, 6) is 0. The third-order valence-electron chi connectivity index (χ3n) is 2.45. The molecule has 0 aliphatic heterocycles. The third-order valence-corrected chi connectivity index (χ3v) is 3.27. The van der Waals surface area contributed by atoms with Gasteiger partial charge in [-0.05, 0) is 23.8 Å². The Bertz CT molecular complexity index is 537. The van der Waals surface area contributed by atoms with E-state index in [4.69, 9.17) is 11.6 Å². The predicted octanol–water partition coefficient (Wildman–Crippen LogP) is 5.23. The summed E-state index contributed by atoms with van der Waals surface area (Å²) in [6, 6.07) is 16.0. The van der Waals surface area contributed by atoms with E-state index < -0.39 is 0 Å². The van der Waals surface area contributed by atoms with Crippen LogP contribution in [0, 0.1) is 0 Å². The van der Waals surface area contributed by atoms with Crippen molar-refractivity contribution in [3.05, 3.63) is 69.7 Å². The molecule has 0 bridgehead atoms. The molecule has 0 heterocycles. The Labute approximate surface area is 121 Å². The lowest BCUT2D eigenvalue weighted by atomic mass is 10.2. The van der Waals surface area contributed by atoms with Crippen molar-refractivity contribution in [1.82, 2.24) is 0 Å². The van der Waals surface area contributed by atoms with Gasteiger partial charge in [-0.15, -0.1) is 0 Å². The van der Waals surface area contributed by atoms with Gasteiger partial charge in [-0.1, -0.05) is 70.0 Å². The van der Waals surface area contributed by atoms with E-state index in [1.165, 1.54) is 5.56 Å².